The van der Waals surface area contributed by atoms with Crippen molar-refractivity contribution in [1.29, 1.82) is 0 Å². The van der Waals surface area contributed by atoms with Gasteiger partial charge in [0.1, 0.15) is 0 Å². The van der Waals surface area contributed by atoms with Crippen LogP contribution in [0.3, 0.4) is 0 Å². The lowest BCUT2D eigenvalue weighted by Crippen LogP contribution is -2.05. The third-order valence-electron chi connectivity index (χ3n) is 3.30. The van der Waals surface area contributed by atoms with E-state index in [2.05, 4.69) is 69.6 Å². The number of anilines is 1. The molecule has 0 fully saturated rings. The average molecular weight is 335 g/mol. The number of hydrogen-bond donors (Lipinski definition) is 1. The van der Waals surface area contributed by atoms with Gasteiger partial charge in [0.15, 0.2) is 5.17 Å². The zero-order chi connectivity index (χ0) is 13.2. The van der Waals surface area contributed by atoms with Gasteiger partial charge in [0.05, 0.1) is 6.04 Å². The van der Waals surface area contributed by atoms with Crippen LogP contribution in [-0.2, 0) is 0 Å². The van der Waals surface area contributed by atoms with Gasteiger partial charge in [0.2, 0.25) is 0 Å². The molecule has 1 unspecified atom stereocenters. The molecule has 1 heterocycles. The smallest absolute Gasteiger partial charge is 0.161 e. The number of nitrogens with zero attached hydrogens (tertiary/aromatic N) is 1. The molecule has 2 aromatic carbocycles. The van der Waals surface area contributed by atoms with Crippen LogP contribution in [0.1, 0.15) is 13.3 Å². The second-order valence-corrected chi connectivity index (χ2v) is 6.44. The van der Waals surface area contributed by atoms with Gasteiger partial charge in [-0.2, -0.15) is 0 Å². The van der Waals surface area contributed by atoms with Crippen molar-refractivity contribution >= 4 is 49.3 Å². The van der Waals surface area contributed by atoms with E-state index in [4.69, 9.17) is 0 Å². The molecule has 1 aliphatic heterocycles. The van der Waals surface area contributed by atoms with Gasteiger partial charge in [-0.3, -0.25) is 4.99 Å². The Morgan fingerprint density at radius 3 is 2.79 bits per heavy atom. The highest BCUT2D eigenvalue weighted by atomic mass is 79.9. The van der Waals surface area contributed by atoms with Crippen LogP contribution in [-0.4, -0.2) is 17.0 Å². The predicted molar refractivity (Wildman–Crippen MR) is 89.2 cm³/mol. The molecule has 0 saturated carbocycles. The van der Waals surface area contributed by atoms with E-state index in [0.29, 0.717) is 6.04 Å². The van der Waals surface area contributed by atoms with E-state index in [1.165, 1.54) is 10.8 Å². The van der Waals surface area contributed by atoms with Gasteiger partial charge in [-0.05, 0) is 23.9 Å². The highest BCUT2D eigenvalue weighted by molar-refractivity contribution is 9.10. The fraction of sp³-hybridized carbons (Fsp3) is 0.267. The Balaban J connectivity index is 1.96. The molecular weight excluding hydrogens is 320 g/mol. The van der Waals surface area contributed by atoms with Gasteiger partial charge in [-0.25, -0.2) is 0 Å². The number of benzene rings is 2. The summed E-state index contributed by atoms with van der Waals surface area (Å²) in [6.45, 7) is 2.19. The van der Waals surface area contributed by atoms with E-state index >= 15 is 0 Å². The van der Waals surface area contributed by atoms with Crippen LogP contribution >= 0.6 is 27.7 Å². The maximum atomic E-state index is 4.69. The lowest BCUT2D eigenvalue weighted by atomic mass is 10.1. The minimum absolute atomic E-state index is 0.467. The zero-order valence-corrected chi connectivity index (χ0v) is 13.1. The molecule has 0 radical (unpaired) electrons. The van der Waals surface area contributed by atoms with Crippen molar-refractivity contribution in [3.05, 3.63) is 40.9 Å². The summed E-state index contributed by atoms with van der Waals surface area (Å²) in [5.41, 5.74) is 1.13. The Kier molecular flexibility index (Phi) is 3.80. The third-order valence-corrected chi connectivity index (χ3v) is 5.02. The molecule has 0 spiro atoms. The molecule has 98 valence electrons. The molecule has 2 nitrogen and oxygen atoms in total. The Bertz CT molecular complexity index is 639. The van der Waals surface area contributed by atoms with Crippen molar-refractivity contribution in [1.82, 2.24) is 0 Å². The van der Waals surface area contributed by atoms with Gasteiger partial charge in [-0.1, -0.05) is 58.9 Å². The quantitative estimate of drug-likeness (QED) is 0.844. The van der Waals surface area contributed by atoms with Crippen LogP contribution in [0.25, 0.3) is 10.8 Å². The Morgan fingerprint density at radius 1 is 1.26 bits per heavy atom. The summed E-state index contributed by atoms with van der Waals surface area (Å²) in [5.74, 6) is 1.09. The van der Waals surface area contributed by atoms with Crippen LogP contribution in [0, 0.1) is 0 Å². The van der Waals surface area contributed by atoms with Crippen LogP contribution < -0.4 is 5.32 Å². The van der Waals surface area contributed by atoms with Crippen LogP contribution in [0.2, 0.25) is 0 Å². The van der Waals surface area contributed by atoms with E-state index in [1.807, 2.05) is 11.8 Å². The Hall–Kier alpha value is -1.00. The van der Waals surface area contributed by atoms with E-state index in [-0.39, 0.29) is 0 Å². The van der Waals surface area contributed by atoms with Crippen molar-refractivity contribution < 1.29 is 0 Å². The molecular formula is C15H15BrN2S. The number of amidine groups is 1. The molecule has 0 aliphatic carbocycles. The molecule has 0 aromatic heterocycles. The zero-order valence-electron chi connectivity index (χ0n) is 10.7. The molecule has 0 saturated heterocycles. The van der Waals surface area contributed by atoms with Gasteiger partial charge in [0, 0.05) is 21.3 Å². The number of rotatable bonds is 2. The largest absolute Gasteiger partial charge is 0.334 e. The molecule has 3 rings (SSSR count). The normalized spacial score (nSPS) is 18.6. The first-order valence-electron chi connectivity index (χ1n) is 6.43. The van der Waals surface area contributed by atoms with Crippen LogP contribution in [0.4, 0.5) is 5.69 Å². The van der Waals surface area contributed by atoms with Crippen molar-refractivity contribution in [2.75, 3.05) is 11.1 Å². The van der Waals surface area contributed by atoms with Gasteiger partial charge >= 0.3 is 0 Å². The van der Waals surface area contributed by atoms with E-state index in [1.54, 1.807) is 0 Å². The molecule has 0 amide bonds. The lowest BCUT2D eigenvalue weighted by molar-refractivity contribution is 0.738. The minimum Gasteiger partial charge on any atom is -0.334 e. The number of fused-ring (bicyclic) bond motifs is 1. The van der Waals surface area contributed by atoms with Gasteiger partial charge in [0.25, 0.3) is 0 Å². The number of hydrogen-bond acceptors (Lipinski definition) is 3. The maximum absolute atomic E-state index is 4.69. The second-order valence-electron chi connectivity index (χ2n) is 4.57. The molecule has 1 aliphatic rings. The Labute approximate surface area is 125 Å². The first-order valence-corrected chi connectivity index (χ1v) is 8.20. The highest BCUT2D eigenvalue weighted by Crippen LogP contribution is 2.31. The molecule has 19 heavy (non-hydrogen) atoms. The van der Waals surface area contributed by atoms with Crippen molar-refractivity contribution in [2.45, 2.75) is 19.4 Å². The summed E-state index contributed by atoms with van der Waals surface area (Å²) in [5, 5.41) is 6.96. The van der Waals surface area contributed by atoms with E-state index < -0.39 is 0 Å². The van der Waals surface area contributed by atoms with Gasteiger partial charge in [-0.15, -0.1) is 0 Å². The number of nitrogens with one attached hydrogen (secondary N) is 1. The Morgan fingerprint density at radius 2 is 2.05 bits per heavy atom. The third kappa shape index (κ3) is 2.65. The number of aliphatic imine (C=N–C) groups is 1. The summed E-state index contributed by atoms with van der Waals surface area (Å²) in [7, 11) is 0. The maximum Gasteiger partial charge on any atom is 0.161 e. The molecule has 1 atom stereocenters. The highest BCUT2D eigenvalue weighted by Gasteiger charge is 2.17. The summed E-state index contributed by atoms with van der Waals surface area (Å²) >= 11 is 5.41. The molecule has 1 N–H and O–H groups in total. The molecule has 0 bridgehead atoms. The summed E-state index contributed by atoms with van der Waals surface area (Å²) in [4.78, 5) is 4.69. The average Bonchev–Trinajstić information content (AvgIpc) is 2.90. The topological polar surface area (TPSA) is 24.4 Å². The van der Waals surface area contributed by atoms with E-state index in [0.717, 1.165) is 27.5 Å². The van der Waals surface area contributed by atoms with Crippen LogP contribution in [0.5, 0.6) is 0 Å². The van der Waals surface area contributed by atoms with Crippen molar-refractivity contribution in [3.8, 4) is 0 Å². The first-order chi connectivity index (χ1) is 9.28. The summed E-state index contributed by atoms with van der Waals surface area (Å²) in [6.07, 6.45) is 1.11. The predicted octanol–water partition coefficient (Wildman–Crippen LogP) is 4.90. The number of thioether (sulfide) groups is 1. The van der Waals surface area contributed by atoms with Crippen molar-refractivity contribution in [2.24, 2.45) is 4.99 Å². The fourth-order valence-corrected chi connectivity index (χ4v) is 3.72. The molecule has 2 aromatic rings. The van der Waals surface area contributed by atoms with Crippen molar-refractivity contribution in [3.63, 3.8) is 0 Å². The summed E-state index contributed by atoms with van der Waals surface area (Å²) < 4.78 is 1.13. The number of halogens is 1. The lowest BCUT2D eigenvalue weighted by Gasteiger charge is -2.10. The standard InChI is InChI=1S/C15H15BrN2S/c1-2-10-9-19-15(17-10)18-14-8-7-13(16)11-5-3-4-6-12(11)14/h3-8,10H,2,9H2,1H3,(H,17,18). The minimum atomic E-state index is 0.467. The molecule has 4 heteroatoms. The van der Waals surface area contributed by atoms with Gasteiger partial charge < -0.3 is 5.32 Å². The SMILES string of the molecule is CCC1CSC(Nc2ccc(Br)c3ccccc23)=N1. The second kappa shape index (κ2) is 5.55. The monoisotopic (exact) mass is 334 g/mol. The summed E-state index contributed by atoms with van der Waals surface area (Å²) in [6, 6.07) is 13.1. The first kappa shape index (κ1) is 13.0. The fourth-order valence-electron chi connectivity index (χ4n) is 2.18. The van der Waals surface area contributed by atoms with Crippen LogP contribution in [0.15, 0.2) is 45.9 Å². The van der Waals surface area contributed by atoms with E-state index in [9.17, 15) is 0 Å².